The van der Waals surface area contributed by atoms with Gasteiger partial charge in [-0.25, -0.2) is 0 Å². The molecule has 0 aliphatic carbocycles. The van der Waals surface area contributed by atoms with Crippen LogP contribution in [0.1, 0.15) is 34.4 Å². The van der Waals surface area contributed by atoms with Crippen LogP contribution in [0.25, 0.3) is 10.8 Å². The highest BCUT2D eigenvalue weighted by Gasteiger charge is 2.21. The first kappa shape index (κ1) is 14.3. The second-order valence-electron chi connectivity index (χ2n) is 5.62. The highest BCUT2D eigenvalue weighted by Crippen LogP contribution is 2.42. The number of rotatable bonds is 3. The molecule has 0 saturated carbocycles. The van der Waals surface area contributed by atoms with Gasteiger partial charge in [0.2, 0.25) is 0 Å². The molecule has 21 heavy (non-hydrogen) atoms. The molecule has 0 aliphatic heterocycles. The lowest BCUT2D eigenvalue weighted by atomic mass is 9.88. The molecule has 2 unspecified atom stereocenters. The second-order valence-corrected chi connectivity index (χ2v) is 6.60. The fourth-order valence-electron chi connectivity index (χ4n) is 2.95. The minimum Gasteiger partial charge on any atom is -0.0832 e. The Balaban J connectivity index is 2.09. The third-order valence-corrected chi connectivity index (χ3v) is 5.48. The van der Waals surface area contributed by atoms with Crippen molar-refractivity contribution >= 4 is 26.7 Å². The summed E-state index contributed by atoms with van der Waals surface area (Å²) in [5, 5.41) is 2.66. The number of aryl methyl sites for hydroxylation is 1. The maximum absolute atomic E-state index is 3.96. The van der Waals surface area contributed by atoms with Gasteiger partial charge in [0.1, 0.15) is 0 Å². The first-order valence-corrected chi connectivity index (χ1v) is 8.27. The van der Waals surface area contributed by atoms with Gasteiger partial charge < -0.3 is 0 Å². The lowest BCUT2D eigenvalue weighted by Gasteiger charge is -2.23. The molecular formula is C20H19Br. The molecule has 2 atom stereocenters. The lowest BCUT2D eigenvalue weighted by molar-refractivity contribution is 0.752. The molecule has 0 spiro atoms. The Kier molecular flexibility index (Phi) is 4.12. The molecule has 106 valence electrons. The lowest BCUT2D eigenvalue weighted by Crippen LogP contribution is -2.04. The topological polar surface area (TPSA) is 0 Å². The molecule has 3 rings (SSSR count). The number of benzene rings is 3. The zero-order valence-corrected chi connectivity index (χ0v) is 14.0. The average molecular weight is 339 g/mol. The number of hydrogen-bond acceptors (Lipinski definition) is 0. The number of fused-ring (bicyclic) bond motifs is 1. The normalized spacial score (nSPS) is 14.0. The van der Waals surface area contributed by atoms with Crippen molar-refractivity contribution in [1.82, 2.24) is 0 Å². The van der Waals surface area contributed by atoms with Crippen LogP contribution in [0, 0.1) is 6.92 Å². The second kappa shape index (κ2) is 6.03. The van der Waals surface area contributed by atoms with Gasteiger partial charge in [-0.3, -0.25) is 0 Å². The van der Waals surface area contributed by atoms with Gasteiger partial charge >= 0.3 is 0 Å². The van der Waals surface area contributed by atoms with Crippen LogP contribution in [-0.2, 0) is 0 Å². The summed E-state index contributed by atoms with van der Waals surface area (Å²) < 4.78 is 0. The Bertz CT molecular complexity index is 746. The van der Waals surface area contributed by atoms with Crippen molar-refractivity contribution in [3.63, 3.8) is 0 Å². The molecule has 0 saturated heterocycles. The molecule has 0 bridgehead atoms. The van der Waals surface area contributed by atoms with Gasteiger partial charge in [-0.15, -0.1) is 0 Å². The number of hydrogen-bond donors (Lipinski definition) is 0. The fourth-order valence-corrected chi connectivity index (χ4v) is 3.86. The predicted octanol–water partition coefficient (Wildman–Crippen LogP) is 6.39. The van der Waals surface area contributed by atoms with Crippen molar-refractivity contribution in [3.8, 4) is 0 Å². The quantitative estimate of drug-likeness (QED) is 0.485. The molecule has 0 amide bonds. The van der Waals surface area contributed by atoms with E-state index in [-0.39, 0.29) is 0 Å². The molecule has 0 nitrogen and oxygen atoms in total. The van der Waals surface area contributed by atoms with Gasteiger partial charge in [0, 0.05) is 4.83 Å². The van der Waals surface area contributed by atoms with Crippen molar-refractivity contribution in [1.29, 1.82) is 0 Å². The summed E-state index contributed by atoms with van der Waals surface area (Å²) >= 11 is 3.96. The summed E-state index contributed by atoms with van der Waals surface area (Å²) in [5.41, 5.74) is 4.12. The summed E-state index contributed by atoms with van der Waals surface area (Å²) in [6, 6.07) is 23.8. The molecule has 1 heteroatoms. The van der Waals surface area contributed by atoms with Crippen LogP contribution in [0.2, 0.25) is 0 Å². The van der Waals surface area contributed by atoms with Crippen LogP contribution >= 0.6 is 15.9 Å². The number of halogens is 1. The van der Waals surface area contributed by atoms with E-state index in [4.69, 9.17) is 0 Å². The Morgan fingerprint density at radius 1 is 0.810 bits per heavy atom. The zero-order valence-electron chi connectivity index (χ0n) is 12.4. The van der Waals surface area contributed by atoms with Gasteiger partial charge in [0.25, 0.3) is 0 Å². The first-order valence-electron chi connectivity index (χ1n) is 7.35. The first-order chi connectivity index (χ1) is 10.2. The highest BCUT2D eigenvalue weighted by molar-refractivity contribution is 9.09. The van der Waals surface area contributed by atoms with Gasteiger partial charge in [0.15, 0.2) is 0 Å². The molecule has 0 heterocycles. The monoisotopic (exact) mass is 338 g/mol. The van der Waals surface area contributed by atoms with Crippen molar-refractivity contribution in [2.24, 2.45) is 0 Å². The summed E-state index contributed by atoms with van der Waals surface area (Å²) in [6.07, 6.45) is 0. The molecular weight excluding hydrogens is 320 g/mol. The maximum Gasteiger partial charge on any atom is 0.0469 e. The summed E-state index contributed by atoms with van der Waals surface area (Å²) in [4.78, 5) is 0.311. The Morgan fingerprint density at radius 2 is 1.48 bits per heavy atom. The molecule has 0 fully saturated rings. The van der Waals surface area contributed by atoms with Gasteiger partial charge in [-0.1, -0.05) is 89.6 Å². The van der Waals surface area contributed by atoms with Crippen molar-refractivity contribution in [3.05, 3.63) is 83.4 Å². The molecule has 0 N–H and O–H groups in total. The van der Waals surface area contributed by atoms with E-state index in [0.29, 0.717) is 10.7 Å². The molecule has 3 aromatic carbocycles. The Morgan fingerprint density at radius 3 is 2.24 bits per heavy atom. The van der Waals surface area contributed by atoms with Crippen LogP contribution in [-0.4, -0.2) is 0 Å². The Labute approximate surface area is 134 Å². The largest absolute Gasteiger partial charge is 0.0832 e. The minimum atomic E-state index is 0.311. The van der Waals surface area contributed by atoms with Crippen LogP contribution in [0.4, 0.5) is 0 Å². The Hall–Kier alpha value is -1.60. The van der Waals surface area contributed by atoms with Gasteiger partial charge in [-0.2, -0.15) is 0 Å². The van der Waals surface area contributed by atoms with Gasteiger partial charge in [0.05, 0.1) is 0 Å². The van der Waals surface area contributed by atoms with Crippen molar-refractivity contribution in [2.45, 2.75) is 24.6 Å². The summed E-state index contributed by atoms with van der Waals surface area (Å²) in [6.45, 7) is 4.49. The van der Waals surface area contributed by atoms with E-state index in [1.807, 2.05) is 0 Å². The van der Waals surface area contributed by atoms with E-state index >= 15 is 0 Å². The average Bonchev–Trinajstić information content (AvgIpc) is 2.54. The third-order valence-electron chi connectivity index (χ3n) is 4.23. The van der Waals surface area contributed by atoms with Gasteiger partial charge in [-0.05, 0) is 40.3 Å². The van der Waals surface area contributed by atoms with E-state index < -0.39 is 0 Å². The van der Waals surface area contributed by atoms with E-state index in [9.17, 15) is 0 Å². The molecule has 0 aliphatic rings. The highest BCUT2D eigenvalue weighted by atomic mass is 79.9. The van der Waals surface area contributed by atoms with Crippen LogP contribution in [0.15, 0.2) is 66.7 Å². The van der Waals surface area contributed by atoms with E-state index in [0.717, 1.165) is 0 Å². The standard InChI is InChI=1S/C20H19Br/c1-14-12-13-17-10-6-7-11-18(17)19(14)20(21)15(2)16-8-4-3-5-9-16/h3-13,15,20H,1-2H3. The van der Waals surface area contributed by atoms with Crippen molar-refractivity contribution in [2.75, 3.05) is 0 Å². The molecule has 3 aromatic rings. The summed E-state index contributed by atoms with van der Waals surface area (Å²) in [5.74, 6) is 0.427. The van der Waals surface area contributed by atoms with E-state index in [1.165, 1.54) is 27.5 Å². The van der Waals surface area contributed by atoms with Crippen LogP contribution in [0.5, 0.6) is 0 Å². The summed E-state index contributed by atoms with van der Waals surface area (Å²) in [7, 11) is 0. The van der Waals surface area contributed by atoms with Crippen LogP contribution in [0.3, 0.4) is 0 Å². The predicted molar refractivity (Wildman–Crippen MR) is 95.2 cm³/mol. The molecule has 0 aromatic heterocycles. The molecule has 0 radical (unpaired) electrons. The van der Waals surface area contributed by atoms with Crippen LogP contribution < -0.4 is 0 Å². The third kappa shape index (κ3) is 2.75. The maximum atomic E-state index is 3.96. The fraction of sp³-hybridized carbons (Fsp3) is 0.200. The van der Waals surface area contributed by atoms with E-state index in [1.54, 1.807) is 0 Å². The minimum absolute atomic E-state index is 0.311. The number of alkyl halides is 1. The zero-order chi connectivity index (χ0) is 14.8. The SMILES string of the molecule is Cc1ccc2ccccc2c1C(Br)C(C)c1ccccc1. The van der Waals surface area contributed by atoms with E-state index in [2.05, 4.69) is 96.5 Å². The van der Waals surface area contributed by atoms with Crippen molar-refractivity contribution < 1.29 is 0 Å². The smallest absolute Gasteiger partial charge is 0.0469 e.